The molecule has 0 bridgehead atoms. The van der Waals surface area contributed by atoms with Gasteiger partial charge in [-0.15, -0.1) is 0 Å². The van der Waals surface area contributed by atoms with Crippen molar-refractivity contribution in [3.8, 4) is 17.2 Å². The smallest absolute Gasteiger partial charge is 0.387 e. The number of benzene rings is 2. The molecule has 0 saturated carbocycles. The molecule has 0 spiro atoms. The number of carbonyl (C=O) groups excluding carboxylic acids is 2. The fourth-order valence-corrected chi connectivity index (χ4v) is 2.45. The minimum absolute atomic E-state index is 0.0673. The number of amides is 2. The summed E-state index contributed by atoms with van der Waals surface area (Å²) >= 11 is 0. The zero-order valence-electron chi connectivity index (χ0n) is 16.1. The number of hydrogen-bond donors (Lipinski definition) is 1. The number of carbonyl (C=O) groups is 2. The van der Waals surface area contributed by atoms with E-state index in [0.717, 1.165) is 0 Å². The van der Waals surface area contributed by atoms with E-state index < -0.39 is 12.5 Å². The number of likely N-dealkylation sites (N-methyl/N-ethyl adjacent to an activating group) is 1. The van der Waals surface area contributed by atoms with Crippen LogP contribution in [0, 0.1) is 0 Å². The normalized spacial score (nSPS) is 10.5. The highest BCUT2D eigenvalue weighted by Gasteiger charge is 2.15. The Labute approximate surface area is 167 Å². The Morgan fingerprint density at radius 3 is 2.34 bits per heavy atom. The van der Waals surface area contributed by atoms with E-state index in [-0.39, 0.29) is 37.2 Å². The Bertz CT molecular complexity index is 843. The average Bonchev–Trinajstić information content (AvgIpc) is 2.68. The standard InChI is InChI=1S/C20H22F2N2O5/c1-3-27-17-10-13(4-9-16(17)29-20(21)22)11-24(2)18(25)12-28-15-7-5-14(6-8-15)19(23)26/h4-10,20H,3,11-12H2,1-2H3,(H2,23,26). The zero-order chi connectivity index (χ0) is 21.4. The predicted octanol–water partition coefficient (Wildman–Crippen LogP) is 2.82. The van der Waals surface area contributed by atoms with Gasteiger partial charge in [-0.2, -0.15) is 8.78 Å². The highest BCUT2D eigenvalue weighted by atomic mass is 19.3. The second kappa shape index (κ2) is 10.3. The van der Waals surface area contributed by atoms with Gasteiger partial charge >= 0.3 is 6.61 Å². The molecule has 7 nitrogen and oxygen atoms in total. The highest BCUT2D eigenvalue weighted by molar-refractivity contribution is 5.92. The third-order valence-electron chi connectivity index (χ3n) is 3.87. The number of primary amides is 1. The van der Waals surface area contributed by atoms with Crippen LogP contribution in [0.15, 0.2) is 42.5 Å². The van der Waals surface area contributed by atoms with Crippen LogP contribution in [0.25, 0.3) is 0 Å². The lowest BCUT2D eigenvalue weighted by Gasteiger charge is -2.19. The number of nitrogens with zero attached hydrogens (tertiary/aromatic N) is 1. The summed E-state index contributed by atoms with van der Waals surface area (Å²) in [6.45, 7) is -0.949. The van der Waals surface area contributed by atoms with Crippen LogP contribution in [0.4, 0.5) is 8.78 Å². The van der Waals surface area contributed by atoms with Gasteiger partial charge in [0.1, 0.15) is 5.75 Å². The molecule has 0 atom stereocenters. The molecule has 2 aromatic rings. The molecule has 0 aliphatic carbocycles. The third kappa shape index (κ3) is 6.63. The molecule has 2 N–H and O–H groups in total. The van der Waals surface area contributed by atoms with Crippen molar-refractivity contribution in [2.75, 3.05) is 20.3 Å². The Morgan fingerprint density at radius 1 is 1.07 bits per heavy atom. The van der Waals surface area contributed by atoms with Crippen molar-refractivity contribution in [1.29, 1.82) is 0 Å². The summed E-state index contributed by atoms with van der Waals surface area (Å²) in [4.78, 5) is 24.8. The first-order valence-corrected chi connectivity index (χ1v) is 8.77. The van der Waals surface area contributed by atoms with E-state index in [1.165, 1.54) is 23.1 Å². The van der Waals surface area contributed by atoms with Crippen LogP contribution in [0.1, 0.15) is 22.8 Å². The van der Waals surface area contributed by atoms with Gasteiger partial charge in [-0.25, -0.2) is 0 Å². The molecule has 0 saturated heterocycles. The molecular weight excluding hydrogens is 386 g/mol. The molecule has 9 heteroatoms. The van der Waals surface area contributed by atoms with E-state index in [4.69, 9.17) is 15.2 Å². The lowest BCUT2D eigenvalue weighted by molar-refractivity contribution is -0.132. The number of rotatable bonds is 10. The topological polar surface area (TPSA) is 91.1 Å². The maximum atomic E-state index is 12.5. The Hall–Kier alpha value is -3.36. The summed E-state index contributed by atoms with van der Waals surface area (Å²) in [7, 11) is 1.59. The van der Waals surface area contributed by atoms with Crippen molar-refractivity contribution in [2.24, 2.45) is 5.73 Å². The van der Waals surface area contributed by atoms with Crippen LogP contribution < -0.4 is 19.9 Å². The monoisotopic (exact) mass is 408 g/mol. The first-order chi connectivity index (χ1) is 13.8. The molecule has 0 radical (unpaired) electrons. The Kier molecular flexibility index (Phi) is 7.76. The second-order valence-corrected chi connectivity index (χ2v) is 6.02. The second-order valence-electron chi connectivity index (χ2n) is 6.02. The van der Waals surface area contributed by atoms with Crippen molar-refractivity contribution >= 4 is 11.8 Å². The molecule has 2 rings (SSSR count). The van der Waals surface area contributed by atoms with Crippen LogP contribution in [-0.4, -0.2) is 43.6 Å². The molecule has 0 aliphatic heterocycles. The van der Waals surface area contributed by atoms with Gasteiger partial charge in [0.05, 0.1) is 6.61 Å². The average molecular weight is 408 g/mol. The predicted molar refractivity (Wildman–Crippen MR) is 101 cm³/mol. The first-order valence-electron chi connectivity index (χ1n) is 8.77. The van der Waals surface area contributed by atoms with E-state index >= 15 is 0 Å². The van der Waals surface area contributed by atoms with Crippen LogP contribution in [0.2, 0.25) is 0 Å². The quantitative estimate of drug-likeness (QED) is 0.653. The molecule has 0 aromatic heterocycles. The van der Waals surface area contributed by atoms with Gasteiger partial charge in [-0.3, -0.25) is 9.59 Å². The molecule has 0 unspecified atom stereocenters. The maximum Gasteiger partial charge on any atom is 0.387 e. The zero-order valence-corrected chi connectivity index (χ0v) is 16.1. The van der Waals surface area contributed by atoms with Gasteiger partial charge in [0.2, 0.25) is 5.91 Å². The van der Waals surface area contributed by atoms with E-state index in [9.17, 15) is 18.4 Å². The number of ether oxygens (including phenoxy) is 3. The fraction of sp³-hybridized carbons (Fsp3) is 0.300. The highest BCUT2D eigenvalue weighted by Crippen LogP contribution is 2.30. The SMILES string of the molecule is CCOc1cc(CN(C)C(=O)COc2ccc(C(N)=O)cc2)ccc1OC(F)F. The Balaban J connectivity index is 1.95. The third-order valence-corrected chi connectivity index (χ3v) is 3.87. The molecule has 156 valence electrons. The molecule has 29 heavy (non-hydrogen) atoms. The van der Waals surface area contributed by atoms with Crippen molar-refractivity contribution in [2.45, 2.75) is 20.1 Å². The number of hydrogen-bond acceptors (Lipinski definition) is 5. The largest absolute Gasteiger partial charge is 0.490 e. The number of alkyl halides is 2. The summed E-state index contributed by atoms with van der Waals surface area (Å²) in [5, 5.41) is 0. The molecule has 2 amide bonds. The molecule has 0 heterocycles. The fourth-order valence-electron chi connectivity index (χ4n) is 2.45. The van der Waals surface area contributed by atoms with Crippen LogP contribution in [-0.2, 0) is 11.3 Å². The minimum atomic E-state index is -2.96. The van der Waals surface area contributed by atoms with Gasteiger partial charge in [0.25, 0.3) is 5.91 Å². The van der Waals surface area contributed by atoms with E-state index in [0.29, 0.717) is 16.9 Å². The van der Waals surface area contributed by atoms with Crippen molar-refractivity contribution in [3.63, 3.8) is 0 Å². The maximum absolute atomic E-state index is 12.5. The lowest BCUT2D eigenvalue weighted by Crippen LogP contribution is -2.31. The molecule has 2 aromatic carbocycles. The van der Waals surface area contributed by atoms with Crippen molar-refractivity contribution < 1.29 is 32.6 Å². The van der Waals surface area contributed by atoms with Crippen LogP contribution >= 0.6 is 0 Å². The summed E-state index contributed by atoms with van der Waals surface area (Å²) in [5.41, 5.74) is 6.18. The van der Waals surface area contributed by atoms with Crippen LogP contribution in [0.3, 0.4) is 0 Å². The Morgan fingerprint density at radius 2 is 1.76 bits per heavy atom. The van der Waals surface area contributed by atoms with E-state index in [2.05, 4.69) is 4.74 Å². The summed E-state index contributed by atoms with van der Waals surface area (Å²) in [5.74, 6) is -0.318. The van der Waals surface area contributed by atoms with Crippen LogP contribution in [0.5, 0.6) is 17.2 Å². The number of halogens is 2. The van der Waals surface area contributed by atoms with Crippen molar-refractivity contribution in [1.82, 2.24) is 4.90 Å². The summed E-state index contributed by atoms with van der Waals surface area (Å²) in [6, 6.07) is 10.6. The van der Waals surface area contributed by atoms with Gasteiger partial charge in [-0.05, 0) is 48.9 Å². The first kappa shape index (κ1) is 21.9. The van der Waals surface area contributed by atoms with E-state index in [1.54, 1.807) is 38.2 Å². The lowest BCUT2D eigenvalue weighted by atomic mass is 10.2. The van der Waals surface area contributed by atoms with Gasteiger partial charge in [0, 0.05) is 19.2 Å². The summed E-state index contributed by atoms with van der Waals surface area (Å²) in [6.07, 6.45) is 0. The molecule has 0 aliphatic rings. The van der Waals surface area contributed by atoms with Gasteiger partial charge in [0.15, 0.2) is 18.1 Å². The minimum Gasteiger partial charge on any atom is -0.490 e. The van der Waals surface area contributed by atoms with Gasteiger partial charge < -0.3 is 24.8 Å². The van der Waals surface area contributed by atoms with Gasteiger partial charge in [-0.1, -0.05) is 6.07 Å². The summed E-state index contributed by atoms with van der Waals surface area (Å²) < 4.78 is 40.1. The van der Waals surface area contributed by atoms with Crippen molar-refractivity contribution in [3.05, 3.63) is 53.6 Å². The van der Waals surface area contributed by atoms with E-state index in [1.807, 2.05) is 0 Å². The number of nitrogens with two attached hydrogens (primary N) is 1. The molecular formula is C20H22F2N2O5. The molecule has 0 fully saturated rings.